The SMILES string of the molecule is N[C@@](O)(c1ccc(C=O)cc1)[C@H](O)Cc1ccccc1. The van der Waals surface area contributed by atoms with Gasteiger partial charge in [0.05, 0.1) is 0 Å². The number of benzene rings is 2. The molecule has 4 nitrogen and oxygen atoms in total. The Kier molecular flexibility index (Phi) is 4.29. The van der Waals surface area contributed by atoms with Gasteiger partial charge in [0, 0.05) is 17.5 Å². The molecule has 0 amide bonds. The highest BCUT2D eigenvalue weighted by atomic mass is 16.4. The highest BCUT2D eigenvalue weighted by Crippen LogP contribution is 2.22. The van der Waals surface area contributed by atoms with Gasteiger partial charge in [0.25, 0.3) is 0 Å². The first-order chi connectivity index (χ1) is 9.54. The lowest BCUT2D eigenvalue weighted by molar-refractivity contribution is -0.0756. The van der Waals surface area contributed by atoms with E-state index in [2.05, 4.69) is 0 Å². The van der Waals surface area contributed by atoms with Crippen LogP contribution in [0, 0.1) is 0 Å². The third kappa shape index (κ3) is 3.11. The number of carbonyl (C=O) groups excluding carboxylic acids is 1. The molecule has 0 spiro atoms. The van der Waals surface area contributed by atoms with Crippen molar-refractivity contribution >= 4 is 6.29 Å². The minimum Gasteiger partial charge on any atom is -0.388 e. The molecule has 20 heavy (non-hydrogen) atoms. The fourth-order valence-electron chi connectivity index (χ4n) is 2.01. The maximum absolute atomic E-state index is 10.6. The van der Waals surface area contributed by atoms with Gasteiger partial charge >= 0.3 is 0 Å². The van der Waals surface area contributed by atoms with Gasteiger partial charge in [-0.2, -0.15) is 0 Å². The van der Waals surface area contributed by atoms with Crippen LogP contribution in [0.3, 0.4) is 0 Å². The minimum atomic E-state index is -1.86. The van der Waals surface area contributed by atoms with E-state index in [1.54, 1.807) is 12.1 Å². The quantitative estimate of drug-likeness (QED) is 0.564. The van der Waals surface area contributed by atoms with Crippen LogP contribution in [-0.2, 0) is 12.1 Å². The normalized spacial score (nSPS) is 15.3. The lowest BCUT2D eigenvalue weighted by atomic mass is 9.92. The van der Waals surface area contributed by atoms with Gasteiger partial charge < -0.3 is 10.2 Å². The molecule has 2 rings (SSSR count). The molecule has 2 aromatic rings. The zero-order chi connectivity index (χ0) is 14.6. The van der Waals surface area contributed by atoms with Gasteiger partial charge in [-0.25, -0.2) is 0 Å². The largest absolute Gasteiger partial charge is 0.388 e. The maximum Gasteiger partial charge on any atom is 0.166 e. The van der Waals surface area contributed by atoms with Crippen molar-refractivity contribution in [2.75, 3.05) is 0 Å². The van der Waals surface area contributed by atoms with E-state index < -0.39 is 11.8 Å². The van der Waals surface area contributed by atoms with Gasteiger partial charge in [-0.05, 0) is 5.56 Å². The molecule has 0 saturated carbocycles. The van der Waals surface area contributed by atoms with E-state index in [4.69, 9.17) is 5.73 Å². The molecule has 0 aliphatic heterocycles. The van der Waals surface area contributed by atoms with E-state index in [1.807, 2.05) is 30.3 Å². The van der Waals surface area contributed by atoms with Gasteiger partial charge in [-0.3, -0.25) is 10.5 Å². The van der Waals surface area contributed by atoms with Crippen LogP contribution < -0.4 is 5.73 Å². The average molecular weight is 271 g/mol. The Morgan fingerprint density at radius 1 is 1.10 bits per heavy atom. The molecule has 0 aliphatic rings. The molecule has 4 heteroatoms. The second-order valence-electron chi connectivity index (χ2n) is 4.77. The molecule has 0 heterocycles. The van der Waals surface area contributed by atoms with E-state index >= 15 is 0 Å². The van der Waals surface area contributed by atoms with Crippen LogP contribution in [-0.4, -0.2) is 22.6 Å². The predicted molar refractivity (Wildman–Crippen MR) is 76.1 cm³/mol. The maximum atomic E-state index is 10.6. The number of hydrogen-bond donors (Lipinski definition) is 3. The van der Waals surface area contributed by atoms with Gasteiger partial charge in [-0.15, -0.1) is 0 Å². The Balaban J connectivity index is 2.17. The number of aliphatic hydroxyl groups is 2. The zero-order valence-electron chi connectivity index (χ0n) is 10.9. The minimum absolute atomic E-state index is 0.239. The molecule has 0 unspecified atom stereocenters. The number of carbonyl (C=O) groups is 1. The number of rotatable bonds is 5. The highest BCUT2D eigenvalue weighted by molar-refractivity contribution is 5.74. The first kappa shape index (κ1) is 14.4. The predicted octanol–water partition coefficient (Wildman–Crippen LogP) is 1.21. The van der Waals surface area contributed by atoms with Crippen LogP contribution in [0.25, 0.3) is 0 Å². The zero-order valence-corrected chi connectivity index (χ0v) is 10.9. The first-order valence-electron chi connectivity index (χ1n) is 6.33. The summed E-state index contributed by atoms with van der Waals surface area (Å²) in [5, 5.41) is 20.5. The average Bonchev–Trinajstić information content (AvgIpc) is 2.48. The van der Waals surface area contributed by atoms with Crippen molar-refractivity contribution in [2.45, 2.75) is 18.2 Å². The van der Waals surface area contributed by atoms with Crippen LogP contribution in [0.1, 0.15) is 21.5 Å². The first-order valence-corrected chi connectivity index (χ1v) is 6.33. The summed E-state index contributed by atoms with van der Waals surface area (Å²) in [6, 6.07) is 15.5. The Labute approximate surface area is 117 Å². The molecule has 0 saturated heterocycles. The molecule has 2 atom stereocenters. The van der Waals surface area contributed by atoms with Crippen molar-refractivity contribution in [2.24, 2.45) is 5.73 Å². The van der Waals surface area contributed by atoms with Crippen molar-refractivity contribution in [1.82, 2.24) is 0 Å². The van der Waals surface area contributed by atoms with Crippen molar-refractivity contribution in [3.8, 4) is 0 Å². The fraction of sp³-hybridized carbons (Fsp3) is 0.188. The Bertz CT molecular complexity index is 564. The Morgan fingerprint density at radius 3 is 2.25 bits per heavy atom. The van der Waals surface area contributed by atoms with Crippen molar-refractivity contribution in [3.05, 3.63) is 71.3 Å². The van der Waals surface area contributed by atoms with E-state index in [0.717, 1.165) is 5.56 Å². The summed E-state index contributed by atoms with van der Waals surface area (Å²) in [7, 11) is 0. The van der Waals surface area contributed by atoms with Crippen molar-refractivity contribution in [3.63, 3.8) is 0 Å². The van der Waals surface area contributed by atoms with Gasteiger partial charge in [-0.1, -0.05) is 54.6 Å². The monoisotopic (exact) mass is 271 g/mol. The topological polar surface area (TPSA) is 83.5 Å². The van der Waals surface area contributed by atoms with Crippen LogP contribution >= 0.6 is 0 Å². The lowest BCUT2D eigenvalue weighted by Crippen LogP contribution is -2.48. The summed E-state index contributed by atoms with van der Waals surface area (Å²) in [6.45, 7) is 0. The number of nitrogens with two attached hydrogens (primary N) is 1. The summed E-state index contributed by atoms with van der Waals surface area (Å²) < 4.78 is 0. The van der Waals surface area contributed by atoms with Crippen molar-refractivity contribution in [1.29, 1.82) is 0 Å². The van der Waals surface area contributed by atoms with Crippen LogP contribution in [0.5, 0.6) is 0 Å². The highest BCUT2D eigenvalue weighted by Gasteiger charge is 2.33. The smallest absolute Gasteiger partial charge is 0.166 e. The van der Waals surface area contributed by atoms with E-state index in [1.165, 1.54) is 12.1 Å². The summed E-state index contributed by atoms with van der Waals surface area (Å²) in [4.78, 5) is 10.6. The molecule has 0 radical (unpaired) electrons. The molecular formula is C16H17NO3. The molecule has 0 fully saturated rings. The molecule has 2 aromatic carbocycles. The van der Waals surface area contributed by atoms with E-state index in [0.29, 0.717) is 17.4 Å². The molecule has 104 valence electrons. The molecule has 4 N–H and O–H groups in total. The number of aliphatic hydroxyl groups excluding tert-OH is 1. The molecule has 0 bridgehead atoms. The summed E-state index contributed by atoms with van der Waals surface area (Å²) >= 11 is 0. The van der Waals surface area contributed by atoms with Crippen molar-refractivity contribution < 1.29 is 15.0 Å². The molecule has 0 aliphatic carbocycles. The Hall–Kier alpha value is -2.01. The van der Waals surface area contributed by atoms with Crippen LogP contribution in [0.2, 0.25) is 0 Å². The number of hydrogen-bond acceptors (Lipinski definition) is 4. The lowest BCUT2D eigenvalue weighted by Gasteiger charge is -2.29. The summed E-state index contributed by atoms with van der Waals surface area (Å²) in [5.74, 6) is 0. The number of aldehydes is 1. The van der Waals surface area contributed by atoms with E-state index in [-0.39, 0.29) is 6.42 Å². The Morgan fingerprint density at radius 2 is 1.70 bits per heavy atom. The summed E-state index contributed by atoms with van der Waals surface area (Å²) in [6.07, 6.45) is -0.199. The van der Waals surface area contributed by atoms with E-state index in [9.17, 15) is 15.0 Å². The third-order valence-corrected chi connectivity index (χ3v) is 3.29. The summed E-state index contributed by atoms with van der Waals surface area (Å²) in [5.41, 5.74) is 5.71. The van der Waals surface area contributed by atoms with Crippen LogP contribution in [0.15, 0.2) is 54.6 Å². The second-order valence-corrected chi connectivity index (χ2v) is 4.77. The molecule has 0 aromatic heterocycles. The molecular weight excluding hydrogens is 254 g/mol. The van der Waals surface area contributed by atoms with Gasteiger partial charge in [0.15, 0.2) is 5.72 Å². The van der Waals surface area contributed by atoms with Gasteiger partial charge in [0.1, 0.15) is 12.4 Å². The fourth-order valence-corrected chi connectivity index (χ4v) is 2.01. The van der Waals surface area contributed by atoms with Gasteiger partial charge in [0.2, 0.25) is 0 Å². The third-order valence-electron chi connectivity index (χ3n) is 3.29. The standard InChI is InChI=1S/C16H17NO3/c17-16(20,14-8-6-13(11-18)7-9-14)15(19)10-12-4-2-1-3-5-12/h1-9,11,15,19-20H,10,17H2/t15-,16-/m1/s1. The van der Waals surface area contributed by atoms with Crippen LogP contribution in [0.4, 0.5) is 0 Å². The second kappa shape index (κ2) is 5.96.